The van der Waals surface area contributed by atoms with Crippen molar-refractivity contribution in [2.75, 3.05) is 46.4 Å². The Labute approximate surface area is 98.6 Å². The summed E-state index contributed by atoms with van der Waals surface area (Å²) in [4.78, 5) is 2.24. The van der Waals surface area contributed by atoms with Gasteiger partial charge in [-0.25, -0.2) is 0 Å². The van der Waals surface area contributed by atoms with Crippen molar-refractivity contribution in [1.29, 1.82) is 0 Å². The first kappa shape index (κ1) is 13.9. The molecule has 0 atom stereocenters. The van der Waals surface area contributed by atoms with Crippen LogP contribution in [-0.4, -0.2) is 61.6 Å². The van der Waals surface area contributed by atoms with Crippen molar-refractivity contribution in [1.82, 2.24) is 10.2 Å². The SMILES string of the molecule is CN(CC1CCNCC1)CC(C)(CO)CO. The maximum absolute atomic E-state index is 9.24. The minimum absolute atomic E-state index is 0.0417. The van der Waals surface area contributed by atoms with Crippen molar-refractivity contribution < 1.29 is 10.2 Å². The Morgan fingerprint density at radius 1 is 1.25 bits per heavy atom. The van der Waals surface area contributed by atoms with E-state index in [2.05, 4.69) is 17.3 Å². The van der Waals surface area contributed by atoms with E-state index in [0.717, 1.165) is 32.1 Å². The van der Waals surface area contributed by atoms with E-state index in [1.807, 2.05) is 6.92 Å². The van der Waals surface area contributed by atoms with Gasteiger partial charge in [-0.1, -0.05) is 6.92 Å². The number of aliphatic hydroxyl groups excluding tert-OH is 2. The third-order valence-corrected chi connectivity index (χ3v) is 3.44. The number of piperidine rings is 1. The molecule has 1 rings (SSSR count). The number of nitrogens with one attached hydrogen (secondary N) is 1. The Morgan fingerprint density at radius 3 is 2.31 bits per heavy atom. The van der Waals surface area contributed by atoms with Gasteiger partial charge in [0, 0.05) is 18.5 Å². The van der Waals surface area contributed by atoms with E-state index in [4.69, 9.17) is 0 Å². The number of nitrogens with zero attached hydrogens (tertiary/aromatic N) is 1. The van der Waals surface area contributed by atoms with Crippen molar-refractivity contribution >= 4 is 0 Å². The van der Waals surface area contributed by atoms with Gasteiger partial charge in [0.2, 0.25) is 0 Å². The average molecular weight is 230 g/mol. The van der Waals surface area contributed by atoms with Crippen molar-refractivity contribution in [2.24, 2.45) is 11.3 Å². The fraction of sp³-hybridized carbons (Fsp3) is 1.00. The Hall–Kier alpha value is -0.160. The van der Waals surface area contributed by atoms with Crippen LogP contribution in [-0.2, 0) is 0 Å². The Bertz CT molecular complexity index is 189. The Morgan fingerprint density at radius 2 is 1.81 bits per heavy atom. The summed E-state index contributed by atoms with van der Waals surface area (Å²) in [7, 11) is 2.08. The highest BCUT2D eigenvalue weighted by atomic mass is 16.3. The third kappa shape index (κ3) is 4.37. The van der Waals surface area contributed by atoms with E-state index in [9.17, 15) is 10.2 Å². The summed E-state index contributed by atoms with van der Waals surface area (Å²) in [5.74, 6) is 0.757. The lowest BCUT2D eigenvalue weighted by Crippen LogP contribution is -2.42. The van der Waals surface area contributed by atoms with Gasteiger partial charge in [-0.15, -0.1) is 0 Å². The summed E-state index contributed by atoms with van der Waals surface area (Å²) in [5, 5.41) is 21.8. The number of hydrogen-bond acceptors (Lipinski definition) is 4. The molecule has 0 bridgehead atoms. The van der Waals surface area contributed by atoms with Gasteiger partial charge in [0.25, 0.3) is 0 Å². The molecule has 1 aliphatic heterocycles. The van der Waals surface area contributed by atoms with Crippen LogP contribution in [0.15, 0.2) is 0 Å². The number of aliphatic hydroxyl groups is 2. The van der Waals surface area contributed by atoms with Crippen LogP contribution >= 0.6 is 0 Å². The van der Waals surface area contributed by atoms with Gasteiger partial charge < -0.3 is 20.4 Å². The van der Waals surface area contributed by atoms with Crippen LogP contribution in [0.1, 0.15) is 19.8 Å². The van der Waals surface area contributed by atoms with Crippen LogP contribution < -0.4 is 5.32 Å². The second-order valence-electron chi connectivity index (χ2n) is 5.52. The van der Waals surface area contributed by atoms with Crippen molar-refractivity contribution in [3.63, 3.8) is 0 Å². The Balaban J connectivity index is 2.30. The normalized spacial score (nSPS) is 19.3. The number of hydrogen-bond donors (Lipinski definition) is 3. The summed E-state index contributed by atoms with van der Waals surface area (Å²) >= 11 is 0. The largest absolute Gasteiger partial charge is 0.396 e. The van der Waals surface area contributed by atoms with E-state index < -0.39 is 0 Å². The van der Waals surface area contributed by atoms with E-state index in [1.165, 1.54) is 12.8 Å². The zero-order chi connectivity index (χ0) is 12.0. The highest BCUT2D eigenvalue weighted by Crippen LogP contribution is 2.18. The molecule has 1 aliphatic rings. The molecule has 1 saturated heterocycles. The first-order chi connectivity index (χ1) is 7.59. The van der Waals surface area contributed by atoms with Crippen molar-refractivity contribution in [2.45, 2.75) is 19.8 Å². The monoisotopic (exact) mass is 230 g/mol. The molecule has 1 fully saturated rings. The van der Waals surface area contributed by atoms with E-state index in [0.29, 0.717) is 0 Å². The lowest BCUT2D eigenvalue weighted by atomic mass is 9.91. The van der Waals surface area contributed by atoms with E-state index in [1.54, 1.807) is 0 Å². The third-order valence-electron chi connectivity index (χ3n) is 3.44. The molecular weight excluding hydrogens is 204 g/mol. The maximum Gasteiger partial charge on any atom is 0.0519 e. The molecule has 0 aromatic carbocycles. The van der Waals surface area contributed by atoms with Crippen LogP contribution in [0.4, 0.5) is 0 Å². The van der Waals surface area contributed by atoms with Gasteiger partial charge in [0.1, 0.15) is 0 Å². The van der Waals surface area contributed by atoms with Crippen LogP contribution in [0, 0.1) is 11.3 Å². The fourth-order valence-corrected chi connectivity index (χ4v) is 2.37. The second-order valence-corrected chi connectivity index (χ2v) is 5.52. The number of rotatable bonds is 6. The smallest absolute Gasteiger partial charge is 0.0519 e. The highest BCUT2D eigenvalue weighted by molar-refractivity contribution is 4.78. The molecule has 4 nitrogen and oxygen atoms in total. The predicted octanol–water partition coefficient (Wildman–Crippen LogP) is -0.0913. The first-order valence-electron chi connectivity index (χ1n) is 6.20. The molecule has 0 unspecified atom stereocenters. The fourth-order valence-electron chi connectivity index (χ4n) is 2.37. The van der Waals surface area contributed by atoms with E-state index in [-0.39, 0.29) is 18.6 Å². The van der Waals surface area contributed by atoms with Crippen LogP contribution in [0.25, 0.3) is 0 Å². The lowest BCUT2D eigenvalue weighted by Gasteiger charge is -2.33. The molecule has 16 heavy (non-hydrogen) atoms. The Kier molecular flexibility index (Phi) is 5.69. The summed E-state index contributed by atoms with van der Waals surface area (Å²) < 4.78 is 0. The second kappa shape index (κ2) is 6.55. The minimum Gasteiger partial charge on any atom is -0.396 e. The average Bonchev–Trinajstić information content (AvgIpc) is 2.30. The molecule has 0 spiro atoms. The molecule has 1 heterocycles. The van der Waals surface area contributed by atoms with Crippen LogP contribution in [0.2, 0.25) is 0 Å². The molecular formula is C12H26N2O2. The molecule has 0 radical (unpaired) electrons. The quantitative estimate of drug-likeness (QED) is 0.597. The summed E-state index contributed by atoms with van der Waals surface area (Å²) in [6.45, 7) is 6.07. The lowest BCUT2D eigenvalue weighted by molar-refractivity contribution is 0.0371. The summed E-state index contributed by atoms with van der Waals surface area (Å²) in [5.41, 5.74) is -0.373. The minimum atomic E-state index is -0.373. The van der Waals surface area contributed by atoms with Crippen LogP contribution in [0.5, 0.6) is 0 Å². The van der Waals surface area contributed by atoms with Gasteiger partial charge in [0.05, 0.1) is 13.2 Å². The molecule has 4 heteroatoms. The molecule has 0 aliphatic carbocycles. The van der Waals surface area contributed by atoms with Gasteiger partial charge in [-0.05, 0) is 38.9 Å². The predicted molar refractivity (Wildman–Crippen MR) is 65.4 cm³/mol. The standard InChI is InChI=1S/C12H26N2O2/c1-12(9-15,10-16)8-14(2)7-11-3-5-13-6-4-11/h11,13,15-16H,3-10H2,1-2H3. The topological polar surface area (TPSA) is 55.7 Å². The zero-order valence-corrected chi connectivity index (χ0v) is 10.6. The maximum atomic E-state index is 9.24. The summed E-state index contributed by atoms with van der Waals surface area (Å²) in [6, 6.07) is 0. The molecule has 0 saturated carbocycles. The van der Waals surface area contributed by atoms with Gasteiger partial charge >= 0.3 is 0 Å². The molecule has 0 aromatic heterocycles. The summed E-state index contributed by atoms with van der Waals surface area (Å²) in [6.07, 6.45) is 2.47. The van der Waals surface area contributed by atoms with Gasteiger partial charge in [0.15, 0.2) is 0 Å². The molecule has 3 N–H and O–H groups in total. The highest BCUT2D eigenvalue weighted by Gasteiger charge is 2.25. The molecule has 0 aromatic rings. The van der Waals surface area contributed by atoms with Crippen molar-refractivity contribution in [3.05, 3.63) is 0 Å². The van der Waals surface area contributed by atoms with Gasteiger partial charge in [-0.3, -0.25) is 0 Å². The molecule has 0 amide bonds. The zero-order valence-electron chi connectivity index (χ0n) is 10.6. The first-order valence-corrected chi connectivity index (χ1v) is 6.20. The van der Waals surface area contributed by atoms with Gasteiger partial charge in [-0.2, -0.15) is 0 Å². The van der Waals surface area contributed by atoms with Crippen molar-refractivity contribution in [3.8, 4) is 0 Å². The molecule has 96 valence electrons. The van der Waals surface area contributed by atoms with E-state index >= 15 is 0 Å². The van der Waals surface area contributed by atoms with Crippen LogP contribution in [0.3, 0.4) is 0 Å².